The summed E-state index contributed by atoms with van der Waals surface area (Å²) in [5, 5.41) is 0. The predicted molar refractivity (Wildman–Crippen MR) is 90.5 cm³/mol. The molecule has 2 aromatic carbocycles. The number of methoxy groups -OCH3 is 2. The van der Waals surface area contributed by atoms with Crippen molar-refractivity contribution in [2.24, 2.45) is 4.99 Å². The minimum Gasteiger partial charge on any atom is -0.497 e. The van der Waals surface area contributed by atoms with Gasteiger partial charge in [-0.25, -0.2) is 0 Å². The minimum atomic E-state index is 0.633. The van der Waals surface area contributed by atoms with Gasteiger partial charge in [-0.2, -0.15) is 0 Å². The molecule has 0 aliphatic carbocycles. The molecule has 2 rings (SSSR count). The zero-order valence-electron chi connectivity index (χ0n) is 12.1. The molecule has 0 fully saturated rings. The largest absolute Gasteiger partial charge is 0.497 e. The second kappa shape index (κ2) is 7.55. The monoisotopic (exact) mass is 299 g/mol. The molecule has 0 spiro atoms. The van der Waals surface area contributed by atoms with Crippen LogP contribution in [0.4, 0.5) is 5.69 Å². The first-order chi connectivity index (χ1) is 10.2. The van der Waals surface area contributed by atoms with Crippen molar-refractivity contribution in [3.05, 3.63) is 54.1 Å². The van der Waals surface area contributed by atoms with Crippen LogP contribution in [-0.2, 0) is 0 Å². The molecule has 0 radical (unpaired) electrons. The Morgan fingerprint density at radius 2 is 1.48 bits per heavy atom. The van der Waals surface area contributed by atoms with Crippen LogP contribution in [-0.4, -0.2) is 25.3 Å². The fourth-order valence-electron chi connectivity index (χ4n) is 1.80. The molecule has 2 aromatic rings. The topological polar surface area (TPSA) is 30.8 Å². The first-order valence-corrected chi connectivity index (χ1v) is 6.97. The van der Waals surface area contributed by atoms with Crippen LogP contribution in [0.1, 0.15) is 12.0 Å². The van der Waals surface area contributed by atoms with Gasteiger partial charge >= 0.3 is 0 Å². The molecule has 0 N–H and O–H groups in total. The Labute approximate surface area is 130 Å². The summed E-state index contributed by atoms with van der Waals surface area (Å²) < 4.78 is 10.2. The molecular formula is C17H17NO2S. The van der Waals surface area contributed by atoms with Gasteiger partial charge in [-0.3, -0.25) is 4.99 Å². The standard InChI is InChI=1S/C17H17NO2S/c1-19-15-7-3-13(4-8-15)17(21)11-12-18-14-5-9-16(20-2)10-6-14/h3-10,12H,11H2,1-2H3. The van der Waals surface area contributed by atoms with E-state index in [1.807, 2.05) is 54.7 Å². The van der Waals surface area contributed by atoms with Crippen LogP contribution < -0.4 is 9.47 Å². The molecule has 0 atom stereocenters. The summed E-state index contributed by atoms with van der Waals surface area (Å²) in [6, 6.07) is 15.3. The van der Waals surface area contributed by atoms with E-state index in [4.69, 9.17) is 21.7 Å². The second-order valence-corrected chi connectivity index (χ2v) is 4.86. The van der Waals surface area contributed by atoms with Crippen LogP contribution in [0.2, 0.25) is 0 Å². The number of benzene rings is 2. The van der Waals surface area contributed by atoms with E-state index in [-0.39, 0.29) is 0 Å². The molecule has 0 bridgehead atoms. The molecule has 0 saturated carbocycles. The first-order valence-electron chi connectivity index (χ1n) is 6.57. The Morgan fingerprint density at radius 1 is 0.952 bits per heavy atom. The van der Waals surface area contributed by atoms with Gasteiger partial charge in [0.05, 0.1) is 19.9 Å². The first kappa shape index (κ1) is 15.2. The van der Waals surface area contributed by atoms with Crippen molar-refractivity contribution in [2.45, 2.75) is 6.42 Å². The number of hydrogen-bond acceptors (Lipinski definition) is 4. The van der Waals surface area contributed by atoms with Gasteiger partial charge in [0.2, 0.25) is 0 Å². The second-order valence-electron chi connectivity index (χ2n) is 4.37. The van der Waals surface area contributed by atoms with E-state index >= 15 is 0 Å². The lowest BCUT2D eigenvalue weighted by Gasteiger charge is -2.03. The summed E-state index contributed by atoms with van der Waals surface area (Å²) >= 11 is 5.40. The number of rotatable bonds is 6. The van der Waals surface area contributed by atoms with Crippen molar-refractivity contribution < 1.29 is 9.47 Å². The highest BCUT2D eigenvalue weighted by atomic mass is 32.1. The third-order valence-electron chi connectivity index (χ3n) is 3.00. The third kappa shape index (κ3) is 4.39. The molecule has 108 valence electrons. The van der Waals surface area contributed by atoms with E-state index in [0.29, 0.717) is 6.42 Å². The Kier molecular flexibility index (Phi) is 5.46. The van der Waals surface area contributed by atoms with Crippen molar-refractivity contribution in [2.75, 3.05) is 14.2 Å². The van der Waals surface area contributed by atoms with E-state index in [9.17, 15) is 0 Å². The van der Waals surface area contributed by atoms with Gasteiger partial charge in [0.1, 0.15) is 11.5 Å². The zero-order chi connectivity index (χ0) is 15.1. The van der Waals surface area contributed by atoms with E-state index in [2.05, 4.69) is 4.99 Å². The summed E-state index contributed by atoms with van der Waals surface area (Å²) in [6.07, 6.45) is 2.46. The molecule has 21 heavy (non-hydrogen) atoms. The van der Waals surface area contributed by atoms with Crippen molar-refractivity contribution in [1.82, 2.24) is 0 Å². The van der Waals surface area contributed by atoms with Crippen molar-refractivity contribution in [1.29, 1.82) is 0 Å². The maximum absolute atomic E-state index is 5.40. The molecule has 0 aromatic heterocycles. The Morgan fingerprint density at radius 3 is 2.00 bits per heavy atom. The summed E-state index contributed by atoms with van der Waals surface area (Å²) in [5.41, 5.74) is 1.90. The van der Waals surface area contributed by atoms with Gasteiger partial charge in [-0.05, 0) is 42.0 Å². The molecule has 3 nitrogen and oxygen atoms in total. The highest BCUT2D eigenvalue weighted by Gasteiger charge is 2.00. The summed E-state index contributed by atoms with van der Waals surface area (Å²) in [7, 11) is 3.29. The van der Waals surface area contributed by atoms with E-state index in [0.717, 1.165) is 27.6 Å². The summed E-state index contributed by atoms with van der Waals surface area (Å²) in [5.74, 6) is 1.65. The van der Waals surface area contributed by atoms with E-state index < -0.39 is 0 Å². The lowest BCUT2D eigenvalue weighted by molar-refractivity contribution is 0.414. The van der Waals surface area contributed by atoms with Crippen LogP contribution in [0.15, 0.2) is 53.5 Å². The van der Waals surface area contributed by atoms with Crippen molar-refractivity contribution in [3.8, 4) is 11.5 Å². The zero-order valence-corrected chi connectivity index (χ0v) is 12.9. The van der Waals surface area contributed by atoms with Gasteiger partial charge in [-0.15, -0.1) is 0 Å². The highest BCUT2D eigenvalue weighted by Crippen LogP contribution is 2.17. The molecule has 0 aliphatic heterocycles. The van der Waals surface area contributed by atoms with Gasteiger partial charge < -0.3 is 9.47 Å². The van der Waals surface area contributed by atoms with E-state index in [1.54, 1.807) is 14.2 Å². The number of hydrogen-bond donors (Lipinski definition) is 0. The quantitative estimate of drug-likeness (QED) is 0.455. The summed E-state index contributed by atoms with van der Waals surface area (Å²) in [6.45, 7) is 0. The number of aliphatic imine (C=N–C) groups is 1. The number of ether oxygens (including phenoxy) is 2. The van der Waals surface area contributed by atoms with Crippen LogP contribution in [0.3, 0.4) is 0 Å². The van der Waals surface area contributed by atoms with Gasteiger partial charge in [0, 0.05) is 17.5 Å². The normalized spacial score (nSPS) is 10.6. The van der Waals surface area contributed by atoms with Crippen molar-refractivity contribution >= 4 is 29.0 Å². The molecule has 0 amide bonds. The van der Waals surface area contributed by atoms with Crippen LogP contribution >= 0.6 is 12.2 Å². The van der Waals surface area contributed by atoms with Crippen LogP contribution in [0.5, 0.6) is 11.5 Å². The molecule has 0 unspecified atom stereocenters. The van der Waals surface area contributed by atoms with Crippen molar-refractivity contribution in [3.63, 3.8) is 0 Å². The van der Waals surface area contributed by atoms with Crippen LogP contribution in [0, 0.1) is 0 Å². The SMILES string of the molecule is COc1ccc(N=CCC(=S)c2ccc(OC)cc2)cc1. The number of thiocarbonyl (C=S) groups is 1. The maximum Gasteiger partial charge on any atom is 0.119 e. The average molecular weight is 299 g/mol. The summed E-state index contributed by atoms with van der Waals surface area (Å²) in [4.78, 5) is 5.24. The van der Waals surface area contributed by atoms with E-state index in [1.165, 1.54) is 0 Å². The predicted octanol–water partition coefficient (Wildman–Crippen LogP) is 4.21. The Hall–Kier alpha value is -2.20. The van der Waals surface area contributed by atoms with Gasteiger partial charge in [-0.1, -0.05) is 24.4 Å². The van der Waals surface area contributed by atoms with Gasteiger partial charge in [0.25, 0.3) is 0 Å². The molecule has 0 aliphatic rings. The minimum absolute atomic E-state index is 0.633. The Balaban J connectivity index is 1.94. The molecule has 0 saturated heterocycles. The highest BCUT2D eigenvalue weighted by molar-refractivity contribution is 7.80. The molecular weight excluding hydrogens is 282 g/mol. The lowest BCUT2D eigenvalue weighted by Crippen LogP contribution is -1.97. The van der Waals surface area contributed by atoms with Crippen LogP contribution in [0.25, 0.3) is 0 Å². The lowest BCUT2D eigenvalue weighted by atomic mass is 10.1. The smallest absolute Gasteiger partial charge is 0.119 e. The molecule has 4 heteroatoms. The fourth-order valence-corrected chi connectivity index (χ4v) is 2.01. The maximum atomic E-state index is 5.40. The third-order valence-corrected chi connectivity index (χ3v) is 3.40. The number of nitrogens with zero attached hydrogens (tertiary/aromatic N) is 1. The van der Waals surface area contributed by atoms with Gasteiger partial charge in [0.15, 0.2) is 0 Å². The Bertz CT molecular complexity index is 618. The fraction of sp³-hybridized carbons (Fsp3) is 0.176. The molecule has 0 heterocycles. The average Bonchev–Trinajstić information content (AvgIpc) is 2.55.